The number of carbonyl (C=O) groups is 1. The predicted molar refractivity (Wildman–Crippen MR) is 76.5 cm³/mol. The van der Waals surface area contributed by atoms with Gasteiger partial charge in [0.15, 0.2) is 10.8 Å². The molecule has 0 spiro atoms. The summed E-state index contributed by atoms with van der Waals surface area (Å²) in [5.41, 5.74) is 12.7. The Balaban J connectivity index is 2.05. The second-order valence-electron chi connectivity index (χ2n) is 4.13. The van der Waals surface area contributed by atoms with Gasteiger partial charge in [0.2, 0.25) is 5.91 Å². The standard InChI is InChI=1S/C13H11N5OS/c14-8-4-5-10(9(7-8)12(15)19)20-13-17-16-11-3-1-2-6-18(11)13/h1-7H,14H2,(H2,15,19). The minimum atomic E-state index is -0.520. The van der Waals surface area contributed by atoms with Crippen LogP contribution in [0.15, 0.2) is 52.6 Å². The molecule has 3 rings (SSSR count). The van der Waals surface area contributed by atoms with Gasteiger partial charge < -0.3 is 11.5 Å². The molecule has 2 heterocycles. The van der Waals surface area contributed by atoms with Crippen LogP contribution in [0.25, 0.3) is 5.65 Å². The lowest BCUT2D eigenvalue weighted by Crippen LogP contribution is -2.12. The Labute approximate surface area is 118 Å². The number of pyridine rings is 1. The Morgan fingerprint density at radius 2 is 2.05 bits per heavy atom. The highest BCUT2D eigenvalue weighted by Crippen LogP contribution is 2.30. The van der Waals surface area contributed by atoms with Gasteiger partial charge >= 0.3 is 0 Å². The normalized spacial score (nSPS) is 10.8. The molecule has 0 aliphatic rings. The van der Waals surface area contributed by atoms with Gasteiger partial charge in [0.05, 0.1) is 5.56 Å². The van der Waals surface area contributed by atoms with Gasteiger partial charge in [0.1, 0.15) is 0 Å². The third-order valence-electron chi connectivity index (χ3n) is 2.75. The van der Waals surface area contributed by atoms with E-state index in [0.717, 1.165) is 5.65 Å². The van der Waals surface area contributed by atoms with Gasteiger partial charge in [-0.05, 0) is 42.1 Å². The number of primary amides is 1. The summed E-state index contributed by atoms with van der Waals surface area (Å²) in [6, 6.07) is 10.7. The Hall–Kier alpha value is -2.54. The maximum atomic E-state index is 11.5. The van der Waals surface area contributed by atoms with Crippen molar-refractivity contribution in [1.29, 1.82) is 0 Å². The molecular formula is C13H11N5OS. The molecule has 0 bridgehead atoms. The molecular weight excluding hydrogens is 274 g/mol. The minimum Gasteiger partial charge on any atom is -0.399 e. The van der Waals surface area contributed by atoms with Crippen LogP contribution in [0.4, 0.5) is 5.69 Å². The zero-order valence-electron chi connectivity index (χ0n) is 10.4. The van der Waals surface area contributed by atoms with E-state index in [4.69, 9.17) is 11.5 Å². The maximum Gasteiger partial charge on any atom is 0.249 e. The Morgan fingerprint density at radius 1 is 1.20 bits per heavy atom. The molecule has 0 aliphatic carbocycles. The lowest BCUT2D eigenvalue weighted by Gasteiger charge is -2.06. The van der Waals surface area contributed by atoms with Gasteiger partial charge in [0, 0.05) is 16.8 Å². The van der Waals surface area contributed by atoms with Crippen LogP contribution in [0.3, 0.4) is 0 Å². The zero-order chi connectivity index (χ0) is 14.1. The van der Waals surface area contributed by atoms with E-state index in [0.29, 0.717) is 21.3 Å². The van der Waals surface area contributed by atoms with Crippen LogP contribution >= 0.6 is 11.8 Å². The van der Waals surface area contributed by atoms with Gasteiger partial charge in [-0.1, -0.05) is 6.07 Å². The maximum absolute atomic E-state index is 11.5. The first-order chi connectivity index (χ1) is 9.65. The summed E-state index contributed by atoms with van der Waals surface area (Å²) < 4.78 is 1.84. The summed E-state index contributed by atoms with van der Waals surface area (Å²) in [7, 11) is 0. The number of amides is 1. The summed E-state index contributed by atoms with van der Waals surface area (Å²) >= 11 is 1.32. The van der Waals surface area contributed by atoms with E-state index in [9.17, 15) is 4.79 Å². The Morgan fingerprint density at radius 3 is 2.85 bits per heavy atom. The van der Waals surface area contributed by atoms with Crippen LogP contribution in [0, 0.1) is 0 Å². The third kappa shape index (κ3) is 2.19. The molecule has 7 heteroatoms. The summed E-state index contributed by atoms with van der Waals surface area (Å²) in [5.74, 6) is -0.520. The van der Waals surface area contributed by atoms with Crippen molar-refractivity contribution < 1.29 is 4.79 Å². The summed E-state index contributed by atoms with van der Waals surface area (Å²) in [6.45, 7) is 0. The van der Waals surface area contributed by atoms with E-state index in [2.05, 4.69) is 10.2 Å². The topological polar surface area (TPSA) is 99.3 Å². The van der Waals surface area contributed by atoms with Crippen LogP contribution in [-0.2, 0) is 0 Å². The lowest BCUT2D eigenvalue weighted by atomic mass is 10.2. The monoisotopic (exact) mass is 285 g/mol. The molecule has 4 N–H and O–H groups in total. The highest BCUT2D eigenvalue weighted by Gasteiger charge is 2.13. The van der Waals surface area contributed by atoms with E-state index < -0.39 is 5.91 Å². The van der Waals surface area contributed by atoms with Gasteiger partial charge in [-0.15, -0.1) is 10.2 Å². The van der Waals surface area contributed by atoms with Gasteiger partial charge in [-0.25, -0.2) is 0 Å². The molecule has 0 saturated heterocycles. The molecule has 20 heavy (non-hydrogen) atoms. The van der Waals surface area contributed by atoms with Gasteiger partial charge in [-0.2, -0.15) is 0 Å². The number of anilines is 1. The van der Waals surface area contributed by atoms with Crippen LogP contribution in [0.1, 0.15) is 10.4 Å². The summed E-state index contributed by atoms with van der Waals surface area (Å²) in [4.78, 5) is 12.2. The average Bonchev–Trinajstić information content (AvgIpc) is 2.84. The summed E-state index contributed by atoms with van der Waals surface area (Å²) in [6.07, 6.45) is 1.86. The number of rotatable bonds is 3. The number of carbonyl (C=O) groups excluding carboxylic acids is 1. The number of hydrogen-bond donors (Lipinski definition) is 2. The molecule has 1 aromatic carbocycles. The molecule has 100 valence electrons. The number of nitrogen functional groups attached to an aromatic ring is 1. The third-order valence-corrected chi connectivity index (χ3v) is 3.79. The molecule has 0 unspecified atom stereocenters. The van der Waals surface area contributed by atoms with Gasteiger partial charge in [-0.3, -0.25) is 9.20 Å². The molecule has 3 aromatic rings. The van der Waals surface area contributed by atoms with Crippen molar-refractivity contribution in [3.63, 3.8) is 0 Å². The van der Waals surface area contributed by atoms with Crippen LogP contribution < -0.4 is 11.5 Å². The molecule has 0 radical (unpaired) electrons. The van der Waals surface area contributed by atoms with Crippen LogP contribution in [-0.4, -0.2) is 20.5 Å². The van der Waals surface area contributed by atoms with E-state index >= 15 is 0 Å². The SMILES string of the molecule is NC(=O)c1cc(N)ccc1Sc1nnc2ccccn12. The van der Waals surface area contributed by atoms with Crippen molar-refractivity contribution in [3.8, 4) is 0 Å². The smallest absolute Gasteiger partial charge is 0.249 e. The molecule has 0 atom stereocenters. The van der Waals surface area contributed by atoms with Crippen LogP contribution in [0.5, 0.6) is 0 Å². The van der Waals surface area contributed by atoms with Crippen molar-refractivity contribution in [3.05, 3.63) is 48.2 Å². The van der Waals surface area contributed by atoms with Crippen molar-refractivity contribution in [2.45, 2.75) is 10.1 Å². The number of fused-ring (bicyclic) bond motifs is 1. The van der Waals surface area contributed by atoms with Crippen molar-refractivity contribution in [2.75, 3.05) is 5.73 Å². The zero-order valence-corrected chi connectivity index (χ0v) is 11.2. The molecule has 0 aliphatic heterocycles. The fourth-order valence-corrected chi connectivity index (χ4v) is 2.75. The fourth-order valence-electron chi connectivity index (χ4n) is 1.82. The van der Waals surface area contributed by atoms with Crippen molar-refractivity contribution in [2.24, 2.45) is 5.73 Å². The second-order valence-corrected chi connectivity index (χ2v) is 5.14. The van der Waals surface area contributed by atoms with E-state index in [1.807, 2.05) is 28.8 Å². The number of nitrogens with two attached hydrogens (primary N) is 2. The quantitative estimate of drug-likeness (QED) is 0.711. The first-order valence-electron chi connectivity index (χ1n) is 5.82. The first-order valence-corrected chi connectivity index (χ1v) is 6.64. The average molecular weight is 285 g/mol. The number of aromatic nitrogens is 3. The van der Waals surface area contributed by atoms with E-state index in [1.54, 1.807) is 18.2 Å². The molecule has 0 saturated carbocycles. The number of benzene rings is 1. The first kappa shape index (κ1) is 12.5. The van der Waals surface area contributed by atoms with Gasteiger partial charge in [0.25, 0.3) is 0 Å². The highest BCUT2D eigenvalue weighted by atomic mass is 32.2. The largest absolute Gasteiger partial charge is 0.399 e. The molecule has 6 nitrogen and oxygen atoms in total. The highest BCUT2D eigenvalue weighted by molar-refractivity contribution is 7.99. The fraction of sp³-hybridized carbons (Fsp3) is 0. The predicted octanol–water partition coefficient (Wildman–Crippen LogP) is 1.56. The van der Waals surface area contributed by atoms with E-state index in [-0.39, 0.29) is 0 Å². The summed E-state index contributed by atoms with van der Waals surface area (Å²) in [5, 5.41) is 8.82. The van der Waals surface area contributed by atoms with Crippen molar-refractivity contribution in [1.82, 2.24) is 14.6 Å². The number of hydrogen-bond acceptors (Lipinski definition) is 5. The molecule has 0 fully saturated rings. The van der Waals surface area contributed by atoms with Crippen LogP contribution in [0.2, 0.25) is 0 Å². The second kappa shape index (κ2) is 4.86. The Bertz CT molecular complexity index is 798. The van der Waals surface area contributed by atoms with E-state index in [1.165, 1.54) is 11.8 Å². The number of nitrogens with zero attached hydrogens (tertiary/aromatic N) is 3. The van der Waals surface area contributed by atoms with Crippen molar-refractivity contribution >= 4 is 29.0 Å². The minimum absolute atomic E-state index is 0.377. The lowest BCUT2D eigenvalue weighted by molar-refractivity contribution is 0.0997. The molecule has 2 aromatic heterocycles. The molecule has 1 amide bonds. The Kier molecular flexibility index (Phi) is 3.03.